The van der Waals surface area contributed by atoms with Gasteiger partial charge in [0.25, 0.3) is 0 Å². The highest BCUT2D eigenvalue weighted by Crippen LogP contribution is 2.34. The van der Waals surface area contributed by atoms with Crippen molar-refractivity contribution >= 4 is 17.5 Å². The minimum Gasteiger partial charge on any atom is -0.339 e. The van der Waals surface area contributed by atoms with Gasteiger partial charge in [-0.25, -0.2) is 0 Å². The van der Waals surface area contributed by atoms with Crippen molar-refractivity contribution in [2.24, 2.45) is 5.73 Å². The molecule has 1 heterocycles. The van der Waals surface area contributed by atoms with E-state index in [9.17, 15) is 22.8 Å². The number of piperazine rings is 1. The van der Waals surface area contributed by atoms with Gasteiger partial charge in [0.1, 0.15) is 0 Å². The topological polar surface area (TPSA) is 78.7 Å². The molecular weight excluding hydrogens is 337 g/mol. The molecule has 9 heteroatoms. The SMILES string of the molecule is C[C@@H](N)C(=O)N1CCN(CC(=O)Nc2ccccc2C(F)(F)F)CC1. The van der Waals surface area contributed by atoms with Crippen molar-refractivity contribution in [2.45, 2.75) is 19.1 Å². The molecule has 25 heavy (non-hydrogen) atoms. The molecule has 1 aromatic carbocycles. The van der Waals surface area contributed by atoms with E-state index in [1.807, 2.05) is 0 Å². The Bertz CT molecular complexity index is 626. The zero-order valence-corrected chi connectivity index (χ0v) is 13.8. The van der Waals surface area contributed by atoms with Gasteiger partial charge in [0, 0.05) is 26.2 Å². The number of para-hydroxylation sites is 1. The molecule has 1 aliphatic heterocycles. The number of benzene rings is 1. The zero-order valence-electron chi connectivity index (χ0n) is 13.8. The normalized spacial score (nSPS) is 17.2. The van der Waals surface area contributed by atoms with Crippen LogP contribution in [0.4, 0.5) is 18.9 Å². The summed E-state index contributed by atoms with van der Waals surface area (Å²) >= 11 is 0. The average molecular weight is 358 g/mol. The maximum absolute atomic E-state index is 12.9. The van der Waals surface area contributed by atoms with E-state index < -0.39 is 23.7 Å². The van der Waals surface area contributed by atoms with Gasteiger partial charge in [0.2, 0.25) is 11.8 Å². The average Bonchev–Trinajstić information content (AvgIpc) is 2.54. The fourth-order valence-electron chi connectivity index (χ4n) is 2.65. The van der Waals surface area contributed by atoms with E-state index in [4.69, 9.17) is 5.73 Å². The molecule has 1 aromatic rings. The van der Waals surface area contributed by atoms with Crippen molar-refractivity contribution < 1.29 is 22.8 Å². The molecule has 0 aliphatic carbocycles. The van der Waals surface area contributed by atoms with Crippen LogP contribution in [0.25, 0.3) is 0 Å². The van der Waals surface area contributed by atoms with E-state index in [1.54, 1.807) is 16.7 Å². The lowest BCUT2D eigenvalue weighted by atomic mass is 10.1. The molecule has 1 aliphatic rings. The summed E-state index contributed by atoms with van der Waals surface area (Å²) in [5, 5.41) is 2.32. The molecule has 3 N–H and O–H groups in total. The van der Waals surface area contributed by atoms with Crippen LogP contribution in [0.15, 0.2) is 24.3 Å². The summed E-state index contributed by atoms with van der Waals surface area (Å²) in [4.78, 5) is 27.3. The Morgan fingerprint density at radius 2 is 1.80 bits per heavy atom. The quantitative estimate of drug-likeness (QED) is 0.846. The highest BCUT2D eigenvalue weighted by atomic mass is 19.4. The molecule has 1 fully saturated rings. The number of halogens is 3. The minimum absolute atomic E-state index is 0.0353. The molecule has 2 rings (SSSR count). The Kier molecular flexibility index (Phi) is 6.02. The van der Waals surface area contributed by atoms with E-state index in [0.717, 1.165) is 6.07 Å². The van der Waals surface area contributed by atoms with Crippen LogP contribution in [0.3, 0.4) is 0 Å². The standard InChI is InChI=1S/C16H21F3N4O2/c1-11(20)15(25)23-8-6-22(7-9-23)10-14(24)21-13-5-3-2-4-12(13)16(17,18)19/h2-5,11H,6-10,20H2,1H3,(H,21,24)/t11-/m1/s1. The smallest absolute Gasteiger partial charge is 0.339 e. The number of carbonyl (C=O) groups excluding carboxylic acids is 2. The van der Waals surface area contributed by atoms with Gasteiger partial charge in [-0.2, -0.15) is 13.2 Å². The lowest BCUT2D eigenvalue weighted by Crippen LogP contribution is -2.53. The summed E-state index contributed by atoms with van der Waals surface area (Å²) in [6.45, 7) is 3.38. The summed E-state index contributed by atoms with van der Waals surface area (Å²) in [6.07, 6.45) is -4.53. The fourth-order valence-corrected chi connectivity index (χ4v) is 2.65. The molecule has 2 amide bonds. The Labute approximate surface area is 143 Å². The maximum atomic E-state index is 12.9. The van der Waals surface area contributed by atoms with Gasteiger partial charge in [0.15, 0.2) is 0 Å². The molecule has 1 saturated heterocycles. The van der Waals surface area contributed by atoms with Crippen LogP contribution in [-0.2, 0) is 15.8 Å². The Balaban J connectivity index is 1.90. The number of hydrogen-bond acceptors (Lipinski definition) is 4. The molecule has 0 aromatic heterocycles. The van der Waals surface area contributed by atoms with E-state index >= 15 is 0 Å². The van der Waals surface area contributed by atoms with Crippen LogP contribution in [0.2, 0.25) is 0 Å². The van der Waals surface area contributed by atoms with Crippen LogP contribution in [0, 0.1) is 0 Å². The van der Waals surface area contributed by atoms with Crippen molar-refractivity contribution in [3.05, 3.63) is 29.8 Å². The monoisotopic (exact) mass is 358 g/mol. The van der Waals surface area contributed by atoms with Gasteiger partial charge in [-0.1, -0.05) is 12.1 Å². The molecule has 6 nitrogen and oxygen atoms in total. The number of amides is 2. The molecule has 0 radical (unpaired) electrons. The number of rotatable bonds is 4. The first-order valence-electron chi connectivity index (χ1n) is 7.91. The first-order valence-corrected chi connectivity index (χ1v) is 7.91. The third-order valence-electron chi connectivity index (χ3n) is 3.95. The number of nitrogens with zero attached hydrogens (tertiary/aromatic N) is 2. The molecule has 0 bridgehead atoms. The van der Waals surface area contributed by atoms with E-state index in [1.165, 1.54) is 18.2 Å². The fraction of sp³-hybridized carbons (Fsp3) is 0.500. The summed E-state index contributed by atoms with van der Waals surface area (Å²) in [5.41, 5.74) is 4.42. The van der Waals surface area contributed by atoms with Crippen molar-refractivity contribution in [3.8, 4) is 0 Å². The Morgan fingerprint density at radius 1 is 1.20 bits per heavy atom. The molecule has 0 spiro atoms. The third-order valence-corrected chi connectivity index (χ3v) is 3.95. The number of alkyl halides is 3. The third kappa shape index (κ3) is 5.17. The van der Waals surface area contributed by atoms with E-state index in [0.29, 0.717) is 26.2 Å². The lowest BCUT2D eigenvalue weighted by Gasteiger charge is -2.35. The van der Waals surface area contributed by atoms with Gasteiger partial charge >= 0.3 is 6.18 Å². The van der Waals surface area contributed by atoms with Crippen LogP contribution in [-0.4, -0.2) is 60.4 Å². The highest BCUT2D eigenvalue weighted by molar-refractivity contribution is 5.93. The van der Waals surface area contributed by atoms with Crippen LogP contribution < -0.4 is 11.1 Å². The highest BCUT2D eigenvalue weighted by Gasteiger charge is 2.33. The summed E-state index contributed by atoms with van der Waals surface area (Å²) < 4.78 is 38.8. The minimum atomic E-state index is -4.53. The van der Waals surface area contributed by atoms with E-state index in [2.05, 4.69) is 5.32 Å². The van der Waals surface area contributed by atoms with Gasteiger partial charge in [0.05, 0.1) is 23.8 Å². The van der Waals surface area contributed by atoms with Crippen molar-refractivity contribution in [1.29, 1.82) is 0 Å². The summed E-state index contributed by atoms with van der Waals surface area (Å²) in [5.74, 6) is -0.674. The molecular formula is C16H21F3N4O2. The molecule has 0 saturated carbocycles. The maximum Gasteiger partial charge on any atom is 0.418 e. The second-order valence-corrected chi connectivity index (χ2v) is 5.98. The Hall–Kier alpha value is -2.13. The second kappa shape index (κ2) is 7.83. The Morgan fingerprint density at radius 3 is 2.36 bits per heavy atom. The van der Waals surface area contributed by atoms with Gasteiger partial charge in [-0.3, -0.25) is 14.5 Å². The number of hydrogen-bond donors (Lipinski definition) is 2. The number of nitrogens with two attached hydrogens (primary N) is 1. The van der Waals surface area contributed by atoms with Crippen LogP contribution >= 0.6 is 0 Å². The van der Waals surface area contributed by atoms with Crippen molar-refractivity contribution in [1.82, 2.24) is 9.80 Å². The largest absolute Gasteiger partial charge is 0.418 e. The predicted molar refractivity (Wildman–Crippen MR) is 86.7 cm³/mol. The van der Waals surface area contributed by atoms with Gasteiger partial charge in [-0.05, 0) is 19.1 Å². The zero-order chi connectivity index (χ0) is 18.6. The lowest BCUT2D eigenvalue weighted by molar-refractivity contribution is -0.137. The predicted octanol–water partition coefficient (Wildman–Crippen LogP) is 1.14. The van der Waals surface area contributed by atoms with Crippen molar-refractivity contribution in [3.63, 3.8) is 0 Å². The van der Waals surface area contributed by atoms with Gasteiger partial charge < -0.3 is 16.0 Å². The first kappa shape index (κ1) is 19.2. The first-order chi connectivity index (χ1) is 11.7. The second-order valence-electron chi connectivity index (χ2n) is 5.98. The number of anilines is 1. The molecule has 138 valence electrons. The molecule has 0 unspecified atom stereocenters. The van der Waals surface area contributed by atoms with Gasteiger partial charge in [-0.15, -0.1) is 0 Å². The molecule has 1 atom stereocenters. The van der Waals surface area contributed by atoms with E-state index in [-0.39, 0.29) is 18.1 Å². The number of carbonyl (C=O) groups is 2. The summed E-state index contributed by atoms with van der Waals surface area (Å²) in [6, 6.07) is 4.28. The van der Waals surface area contributed by atoms with Crippen LogP contribution in [0.5, 0.6) is 0 Å². The summed E-state index contributed by atoms with van der Waals surface area (Å²) in [7, 11) is 0. The van der Waals surface area contributed by atoms with Crippen molar-refractivity contribution in [2.75, 3.05) is 38.0 Å². The number of nitrogens with one attached hydrogen (secondary N) is 1. The van der Waals surface area contributed by atoms with Crippen LogP contribution in [0.1, 0.15) is 12.5 Å².